The van der Waals surface area contributed by atoms with E-state index in [0.717, 1.165) is 48.5 Å². The topological polar surface area (TPSA) is 114 Å². The Morgan fingerprint density at radius 3 is 1.94 bits per heavy atom. The van der Waals surface area contributed by atoms with E-state index in [1.54, 1.807) is 0 Å². The molecule has 1 amide bonds. The van der Waals surface area contributed by atoms with Crippen LogP contribution >= 0.6 is 0 Å². The van der Waals surface area contributed by atoms with Crippen LogP contribution in [0.2, 0.25) is 0 Å². The van der Waals surface area contributed by atoms with Crippen LogP contribution < -0.4 is 5.32 Å². The number of hydrogen-bond acceptors (Lipinski definition) is 7. The predicted molar refractivity (Wildman–Crippen MR) is 115 cm³/mol. The van der Waals surface area contributed by atoms with Crippen LogP contribution in [0, 0.1) is 25.2 Å². The lowest BCUT2D eigenvalue weighted by Crippen LogP contribution is -2.37. The molecule has 0 aromatic carbocycles. The Kier molecular flexibility index (Phi) is 6.25. The number of aromatic nitrogens is 4. The van der Waals surface area contributed by atoms with E-state index < -0.39 is 5.60 Å². The molecule has 2 saturated carbocycles. The number of nitrogens with one attached hydrogen (secondary N) is 1. The summed E-state index contributed by atoms with van der Waals surface area (Å²) in [7, 11) is 0. The molecule has 0 radical (unpaired) electrons. The van der Waals surface area contributed by atoms with E-state index in [0.29, 0.717) is 6.54 Å². The summed E-state index contributed by atoms with van der Waals surface area (Å²) in [6, 6.07) is 10.0. The summed E-state index contributed by atoms with van der Waals surface area (Å²) in [6.07, 6.45) is 3.54. The number of carbonyl (C=O) groups excluding carboxylic acids is 1. The zero-order chi connectivity index (χ0) is 22.7. The molecule has 1 N–H and O–H groups in total. The van der Waals surface area contributed by atoms with E-state index in [1.165, 1.54) is 0 Å². The van der Waals surface area contributed by atoms with Gasteiger partial charge in [-0.3, -0.25) is 0 Å². The van der Waals surface area contributed by atoms with Crippen LogP contribution in [0.3, 0.4) is 0 Å². The van der Waals surface area contributed by atoms with Gasteiger partial charge in [0.25, 0.3) is 0 Å². The minimum atomic E-state index is -0.468. The Morgan fingerprint density at radius 2 is 1.55 bits per heavy atom. The highest BCUT2D eigenvalue weighted by Crippen LogP contribution is 2.47. The Labute approximate surface area is 183 Å². The number of nitriles is 1. The SMILES string of the molecule is Cc1ccc(C2(C#N)CC2)nn1.Cc1ccc(C2(CNC(=O)OC(C)(C)C)CC2)nn1. The molecule has 4 rings (SSSR count). The maximum absolute atomic E-state index is 11.6. The van der Waals surface area contributed by atoms with E-state index in [1.807, 2.05) is 58.9 Å². The average molecular weight is 423 g/mol. The van der Waals surface area contributed by atoms with Crippen LogP contribution in [0.4, 0.5) is 4.79 Å². The van der Waals surface area contributed by atoms with E-state index in [-0.39, 0.29) is 16.9 Å². The summed E-state index contributed by atoms with van der Waals surface area (Å²) >= 11 is 0. The van der Waals surface area contributed by atoms with Gasteiger partial charge in [0.2, 0.25) is 0 Å². The molecular formula is C23H30N6O2. The van der Waals surface area contributed by atoms with Gasteiger partial charge in [0.15, 0.2) is 0 Å². The van der Waals surface area contributed by atoms with Gasteiger partial charge in [0.05, 0.1) is 28.8 Å². The quantitative estimate of drug-likeness (QED) is 0.799. The molecule has 2 aliphatic carbocycles. The van der Waals surface area contributed by atoms with Crippen molar-refractivity contribution in [2.24, 2.45) is 0 Å². The summed E-state index contributed by atoms with van der Waals surface area (Å²) in [4.78, 5) is 11.6. The first kappa shape index (κ1) is 22.6. The first-order chi connectivity index (χ1) is 14.6. The van der Waals surface area contributed by atoms with Gasteiger partial charge in [0.1, 0.15) is 11.0 Å². The molecule has 2 aliphatic rings. The van der Waals surface area contributed by atoms with Crippen LogP contribution in [0.15, 0.2) is 24.3 Å². The lowest BCUT2D eigenvalue weighted by Gasteiger charge is -2.21. The number of ether oxygens (including phenoxy) is 1. The predicted octanol–water partition coefficient (Wildman–Crippen LogP) is 3.68. The van der Waals surface area contributed by atoms with Gasteiger partial charge in [0, 0.05) is 12.0 Å². The van der Waals surface area contributed by atoms with Crippen molar-refractivity contribution in [3.8, 4) is 6.07 Å². The zero-order valence-electron chi connectivity index (χ0n) is 18.9. The number of rotatable bonds is 4. The third-order valence-electron chi connectivity index (χ3n) is 5.42. The van der Waals surface area contributed by atoms with E-state index in [2.05, 4.69) is 31.8 Å². The Balaban J connectivity index is 0.000000194. The number of alkyl carbamates (subject to hydrolysis) is 1. The Bertz CT molecular complexity index is 950. The van der Waals surface area contributed by atoms with Gasteiger partial charge >= 0.3 is 6.09 Å². The molecule has 8 nitrogen and oxygen atoms in total. The largest absolute Gasteiger partial charge is 0.444 e. The summed E-state index contributed by atoms with van der Waals surface area (Å²) in [5, 5.41) is 27.9. The maximum Gasteiger partial charge on any atom is 0.407 e. The van der Waals surface area contributed by atoms with E-state index >= 15 is 0 Å². The second-order valence-corrected chi connectivity index (χ2v) is 9.45. The Hall–Kier alpha value is -3.08. The molecule has 0 saturated heterocycles. The van der Waals surface area contributed by atoms with Crippen LogP contribution in [0.5, 0.6) is 0 Å². The summed E-state index contributed by atoms with van der Waals surface area (Å²) in [6.45, 7) is 9.92. The van der Waals surface area contributed by atoms with Crippen molar-refractivity contribution < 1.29 is 9.53 Å². The molecule has 0 aliphatic heterocycles. The lowest BCUT2D eigenvalue weighted by atomic mass is 10.0. The van der Waals surface area contributed by atoms with Crippen molar-refractivity contribution in [1.82, 2.24) is 25.7 Å². The smallest absolute Gasteiger partial charge is 0.407 e. The standard InChI is InChI=1S/C14H21N3O2.C9H9N3/c1-10-5-6-11(17-16-10)14(7-8-14)9-15-12(18)19-13(2,3)4;1-7-2-3-8(12-11-7)9(6-10)4-5-9/h5-6H,7-9H2,1-4H3,(H,15,18);2-3H,4-5H2,1H3. The number of hydrogen-bond donors (Lipinski definition) is 1. The monoisotopic (exact) mass is 422 g/mol. The fourth-order valence-electron chi connectivity index (χ4n) is 3.12. The molecule has 0 bridgehead atoms. The maximum atomic E-state index is 11.6. The molecule has 164 valence electrons. The first-order valence-corrected chi connectivity index (χ1v) is 10.6. The van der Waals surface area contributed by atoms with Crippen molar-refractivity contribution in [3.63, 3.8) is 0 Å². The highest BCUT2D eigenvalue weighted by atomic mass is 16.6. The van der Waals surface area contributed by atoms with Crippen LogP contribution in [0.1, 0.15) is 69.2 Å². The van der Waals surface area contributed by atoms with Crippen molar-refractivity contribution >= 4 is 6.09 Å². The lowest BCUT2D eigenvalue weighted by molar-refractivity contribution is 0.0522. The molecule has 0 atom stereocenters. The third kappa shape index (κ3) is 5.97. The van der Waals surface area contributed by atoms with E-state index in [9.17, 15) is 4.79 Å². The Morgan fingerprint density at radius 1 is 1.00 bits per heavy atom. The molecule has 2 fully saturated rings. The van der Waals surface area contributed by atoms with Crippen LogP contribution in [0.25, 0.3) is 0 Å². The van der Waals surface area contributed by atoms with Crippen molar-refractivity contribution in [2.45, 2.75) is 76.7 Å². The summed E-state index contributed by atoms with van der Waals surface area (Å²) in [5.41, 5.74) is 2.78. The summed E-state index contributed by atoms with van der Waals surface area (Å²) < 4.78 is 5.23. The first-order valence-electron chi connectivity index (χ1n) is 10.6. The molecular weight excluding hydrogens is 392 g/mol. The summed E-state index contributed by atoms with van der Waals surface area (Å²) in [5.74, 6) is 0. The fraction of sp³-hybridized carbons (Fsp3) is 0.565. The van der Waals surface area contributed by atoms with Crippen molar-refractivity contribution in [1.29, 1.82) is 5.26 Å². The van der Waals surface area contributed by atoms with Crippen LogP contribution in [-0.4, -0.2) is 38.6 Å². The van der Waals surface area contributed by atoms with Gasteiger partial charge in [-0.15, -0.1) is 0 Å². The average Bonchev–Trinajstić information content (AvgIpc) is 3.62. The van der Waals surface area contributed by atoms with Crippen molar-refractivity contribution in [3.05, 3.63) is 47.0 Å². The molecule has 31 heavy (non-hydrogen) atoms. The van der Waals surface area contributed by atoms with Gasteiger partial charge in [-0.1, -0.05) is 0 Å². The second kappa shape index (κ2) is 8.58. The number of carbonyl (C=O) groups is 1. The highest BCUT2D eigenvalue weighted by Gasteiger charge is 2.47. The number of nitrogens with zero attached hydrogens (tertiary/aromatic N) is 5. The minimum Gasteiger partial charge on any atom is -0.444 e. The highest BCUT2D eigenvalue weighted by molar-refractivity contribution is 5.68. The number of amides is 1. The molecule has 8 heteroatoms. The second-order valence-electron chi connectivity index (χ2n) is 9.45. The normalized spacial score (nSPS) is 17.4. The molecule has 2 heterocycles. The third-order valence-corrected chi connectivity index (χ3v) is 5.42. The zero-order valence-corrected chi connectivity index (χ0v) is 18.9. The van der Waals surface area contributed by atoms with Gasteiger partial charge < -0.3 is 10.1 Å². The molecule has 0 unspecified atom stereocenters. The van der Waals surface area contributed by atoms with Crippen LogP contribution in [-0.2, 0) is 15.6 Å². The van der Waals surface area contributed by atoms with Gasteiger partial charge in [-0.2, -0.15) is 25.7 Å². The van der Waals surface area contributed by atoms with Crippen molar-refractivity contribution in [2.75, 3.05) is 6.54 Å². The number of aryl methyl sites for hydroxylation is 2. The minimum absolute atomic E-state index is 0.0440. The molecule has 0 spiro atoms. The van der Waals surface area contributed by atoms with E-state index in [4.69, 9.17) is 10.00 Å². The fourth-order valence-corrected chi connectivity index (χ4v) is 3.12. The van der Waals surface area contributed by atoms with Gasteiger partial charge in [-0.05, 0) is 84.6 Å². The molecule has 2 aromatic heterocycles. The van der Waals surface area contributed by atoms with Gasteiger partial charge in [-0.25, -0.2) is 4.79 Å². The molecule has 2 aromatic rings.